The van der Waals surface area contributed by atoms with Crippen molar-refractivity contribution in [2.45, 2.75) is 12.8 Å². The zero-order valence-electron chi connectivity index (χ0n) is 9.96. The lowest BCUT2D eigenvalue weighted by atomic mass is 9.98. The number of aliphatic hydroxyl groups is 1. The maximum absolute atomic E-state index is 11.5. The van der Waals surface area contributed by atoms with Crippen molar-refractivity contribution in [2.75, 3.05) is 6.79 Å². The summed E-state index contributed by atoms with van der Waals surface area (Å²) in [7, 11) is 0. The normalized spacial score (nSPS) is 12.3. The summed E-state index contributed by atoms with van der Waals surface area (Å²) in [6.07, 6.45) is 0. The van der Waals surface area contributed by atoms with Crippen LogP contribution in [0.15, 0.2) is 36.4 Å². The van der Waals surface area contributed by atoms with Crippen LogP contribution in [0.25, 0.3) is 10.8 Å². The van der Waals surface area contributed by atoms with Crippen LogP contribution in [-0.2, 0) is 9.53 Å². The Morgan fingerprint density at radius 2 is 1.89 bits per heavy atom. The average Bonchev–Trinajstić information content (AvgIpc) is 2.37. The van der Waals surface area contributed by atoms with Crippen molar-refractivity contribution < 1.29 is 19.7 Å². The quantitative estimate of drug-likeness (QED) is 0.643. The Morgan fingerprint density at radius 1 is 1.22 bits per heavy atom. The van der Waals surface area contributed by atoms with Crippen LogP contribution in [0.4, 0.5) is 0 Å². The molecule has 2 aromatic rings. The van der Waals surface area contributed by atoms with Crippen LogP contribution in [0, 0.1) is 0 Å². The molecule has 0 aliphatic carbocycles. The number of aliphatic hydroxyl groups excluding tert-OH is 1. The SMILES string of the molecule is CC(C(=O)OCO)c1ccc2cc(O)ccc2c1. The van der Waals surface area contributed by atoms with Gasteiger partial charge in [0.05, 0.1) is 5.92 Å². The standard InChI is InChI=1S/C14H14O4/c1-9(14(17)18-8-15)10-2-3-12-7-13(16)5-4-11(12)6-10/h2-7,9,15-16H,8H2,1H3. The van der Waals surface area contributed by atoms with Crippen LogP contribution >= 0.6 is 0 Å². The minimum Gasteiger partial charge on any atom is -0.508 e. The van der Waals surface area contributed by atoms with E-state index in [1.54, 1.807) is 25.1 Å². The van der Waals surface area contributed by atoms with Crippen molar-refractivity contribution >= 4 is 16.7 Å². The first kappa shape index (κ1) is 12.4. The summed E-state index contributed by atoms with van der Waals surface area (Å²) >= 11 is 0. The van der Waals surface area contributed by atoms with Crippen molar-refractivity contribution in [3.05, 3.63) is 42.0 Å². The summed E-state index contributed by atoms with van der Waals surface area (Å²) in [5.74, 6) is -0.686. The lowest BCUT2D eigenvalue weighted by molar-refractivity contribution is -0.153. The fraction of sp³-hybridized carbons (Fsp3) is 0.214. The van der Waals surface area contributed by atoms with Crippen molar-refractivity contribution in [3.8, 4) is 5.75 Å². The molecule has 0 aromatic heterocycles. The van der Waals surface area contributed by atoms with Gasteiger partial charge in [0.2, 0.25) is 0 Å². The highest BCUT2D eigenvalue weighted by molar-refractivity contribution is 5.86. The summed E-state index contributed by atoms with van der Waals surface area (Å²) < 4.78 is 4.57. The number of phenols is 1. The van der Waals surface area contributed by atoms with Crippen LogP contribution in [0.1, 0.15) is 18.4 Å². The van der Waals surface area contributed by atoms with Gasteiger partial charge in [-0.15, -0.1) is 0 Å². The summed E-state index contributed by atoms with van der Waals surface area (Å²) in [4.78, 5) is 11.5. The van der Waals surface area contributed by atoms with Gasteiger partial charge in [-0.2, -0.15) is 0 Å². The molecule has 0 saturated heterocycles. The Labute approximate surface area is 104 Å². The van der Waals surface area contributed by atoms with Gasteiger partial charge in [0, 0.05) is 0 Å². The van der Waals surface area contributed by atoms with Crippen LogP contribution in [0.5, 0.6) is 5.75 Å². The van der Waals surface area contributed by atoms with Gasteiger partial charge < -0.3 is 14.9 Å². The molecule has 0 bridgehead atoms. The second-order valence-electron chi connectivity index (χ2n) is 4.11. The number of hydrogen-bond acceptors (Lipinski definition) is 4. The third-order valence-electron chi connectivity index (χ3n) is 2.91. The van der Waals surface area contributed by atoms with E-state index in [4.69, 9.17) is 5.11 Å². The van der Waals surface area contributed by atoms with Gasteiger partial charge >= 0.3 is 5.97 Å². The first-order valence-electron chi connectivity index (χ1n) is 5.62. The first-order valence-corrected chi connectivity index (χ1v) is 5.62. The van der Waals surface area contributed by atoms with E-state index in [0.717, 1.165) is 16.3 Å². The topological polar surface area (TPSA) is 66.8 Å². The van der Waals surface area contributed by atoms with Gasteiger partial charge in [-0.1, -0.05) is 24.3 Å². The Kier molecular flexibility index (Phi) is 3.48. The highest BCUT2D eigenvalue weighted by atomic mass is 16.6. The van der Waals surface area contributed by atoms with E-state index < -0.39 is 18.7 Å². The highest BCUT2D eigenvalue weighted by Crippen LogP contribution is 2.25. The van der Waals surface area contributed by atoms with Crippen molar-refractivity contribution in [2.24, 2.45) is 0 Å². The Balaban J connectivity index is 2.35. The monoisotopic (exact) mass is 246 g/mol. The number of carbonyl (C=O) groups excluding carboxylic acids is 1. The van der Waals surface area contributed by atoms with Gasteiger partial charge in [-0.25, -0.2) is 0 Å². The van der Waals surface area contributed by atoms with E-state index in [1.807, 2.05) is 18.2 Å². The number of hydrogen-bond donors (Lipinski definition) is 2. The molecular weight excluding hydrogens is 232 g/mol. The Hall–Kier alpha value is -2.07. The Morgan fingerprint density at radius 3 is 2.61 bits per heavy atom. The van der Waals surface area contributed by atoms with Gasteiger partial charge in [-0.05, 0) is 35.4 Å². The second kappa shape index (κ2) is 5.06. The van der Waals surface area contributed by atoms with Gasteiger partial charge in [0.25, 0.3) is 0 Å². The van der Waals surface area contributed by atoms with Gasteiger partial charge in [0.1, 0.15) is 5.75 Å². The fourth-order valence-electron chi connectivity index (χ4n) is 1.85. The lowest BCUT2D eigenvalue weighted by Gasteiger charge is -2.11. The zero-order chi connectivity index (χ0) is 13.1. The molecule has 2 aromatic carbocycles. The predicted octanol–water partition coefficient (Wildman–Crippen LogP) is 2.14. The number of ether oxygens (including phenoxy) is 1. The molecule has 4 nitrogen and oxygen atoms in total. The van der Waals surface area contributed by atoms with E-state index in [9.17, 15) is 9.90 Å². The third kappa shape index (κ3) is 2.43. The number of aromatic hydroxyl groups is 1. The highest BCUT2D eigenvalue weighted by Gasteiger charge is 2.16. The molecule has 0 fully saturated rings. The molecule has 94 valence electrons. The van der Waals surface area contributed by atoms with Crippen LogP contribution < -0.4 is 0 Å². The van der Waals surface area contributed by atoms with E-state index in [1.165, 1.54) is 0 Å². The number of fused-ring (bicyclic) bond motifs is 1. The number of phenolic OH excluding ortho intramolecular Hbond substituents is 1. The van der Waals surface area contributed by atoms with Crippen molar-refractivity contribution in [3.63, 3.8) is 0 Å². The predicted molar refractivity (Wildman–Crippen MR) is 67.2 cm³/mol. The average molecular weight is 246 g/mol. The molecule has 0 spiro atoms. The van der Waals surface area contributed by atoms with Crippen LogP contribution in [-0.4, -0.2) is 23.0 Å². The van der Waals surface area contributed by atoms with E-state index in [0.29, 0.717) is 0 Å². The van der Waals surface area contributed by atoms with E-state index >= 15 is 0 Å². The molecule has 2 N–H and O–H groups in total. The van der Waals surface area contributed by atoms with E-state index in [-0.39, 0.29) is 5.75 Å². The minimum absolute atomic E-state index is 0.211. The molecular formula is C14H14O4. The van der Waals surface area contributed by atoms with Gasteiger partial charge in [0.15, 0.2) is 6.79 Å². The third-order valence-corrected chi connectivity index (χ3v) is 2.91. The minimum atomic E-state index is -0.607. The molecule has 18 heavy (non-hydrogen) atoms. The number of benzene rings is 2. The van der Waals surface area contributed by atoms with E-state index in [2.05, 4.69) is 4.74 Å². The zero-order valence-corrected chi connectivity index (χ0v) is 9.96. The van der Waals surface area contributed by atoms with Crippen LogP contribution in [0.3, 0.4) is 0 Å². The smallest absolute Gasteiger partial charge is 0.315 e. The fourth-order valence-corrected chi connectivity index (χ4v) is 1.85. The second-order valence-corrected chi connectivity index (χ2v) is 4.11. The van der Waals surface area contributed by atoms with Crippen molar-refractivity contribution in [1.82, 2.24) is 0 Å². The number of esters is 1. The molecule has 0 aliphatic heterocycles. The van der Waals surface area contributed by atoms with Gasteiger partial charge in [-0.3, -0.25) is 4.79 Å². The molecule has 0 amide bonds. The molecule has 1 unspecified atom stereocenters. The Bertz CT molecular complexity index is 577. The molecule has 4 heteroatoms. The summed E-state index contributed by atoms with van der Waals surface area (Å²) in [5.41, 5.74) is 0.812. The number of carbonyl (C=O) groups is 1. The molecule has 1 atom stereocenters. The molecule has 0 aliphatic rings. The summed E-state index contributed by atoms with van der Waals surface area (Å²) in [5, 5.41) is 19.8. The number of rotatable bonds is 3. The maximum Gasteiger partial charge on any atom is 0.315 e. The molecule has 2 rings (SSSR count). The molecule has 0 heterocycles. The van der Waals surface area contributed by atoms with Crippen molar-refractivity contribution in [1.29, 1.82) is 0 Å². The summed E-state index contributed by atoms with van der Waals surface area (Å²) in [6.45, 7) is 1.12. The molecule has 0 radical (unpaired) electrons. The van der Waals surface area contributed by atoms with Crippen LogP contribution in [0.2, 0.25) is 0 Å². The summed E-state index contributed by atoms with van der Waals surface area (Å²) in [6, 6.07) is 10.6. The molecule has 0 saturated carbocycles. The lowest BCUT2D eigenvalue weighted by Crippen LogP contribution is -2.13. The maximum atomic E-state index is 11.5. The first-order chi connectivity index (χ1) is 8.61. The largest absolute Gasteiger partial charge is 0.508 e.